The molecular weight excluding hydrogens is 404 g/mol. The summed E-state index contributed by atoms with van der Waals surface area (Å²) in [6.45, 7) is 9.29. The molecule has 166 valence electrons. The Morgan fingerprint density at radius 3 is 2.12 bits per heavy atom. The lowest BCUT2D eigenvalue weighted by Gasteiger charge is -2.19. The van der Waals surface area contributed by atoms with Gasteiger partial charge in [-0.25, -0.2) is 9.48 Å². The van der Waals surface area contributed by atoms with Crippen LogP contribution in [-0.2, 0) is 9.53 Å². The number of carbonyl (C=O) groups is 2. The Morgan fingerprint density at radius 2 is 1.53 bits per heavy atom. The number of amides is 2. The number of nitrogens with zero attached hydrogens (tertiary/aromatic N) is 2. The number of benzene rings is 2. The number of rotatable bonds is 5. The third kappa shape index (κ3) is 6.07. The van der Waals surface area contributed by atoms with Crippen LogP contribution in [0.25, 0.3) is 11.8 Å². The number of aromatic nitrogens is 2. The van der Waals surface area contributed by atoms with Gasteiger partial charge in [0.25, 0.3) is 0 Å². The summed E-state index contributed by atoms with van der Waals surface area (Å²) in [7, 11) is 0. The Labute approximate surface area is 188 Å². The number of hydrogen-bond acceptors (Lipinski definition) is 4. The average molecular weight is 433 g/mol. The Hall–Kier alpha value is -3.87. The van der Waals surface area contributed by atoms with Crippen LogP contribution in [0.3, 0.4) is 0 Å². The molecule has 1 heterocycles. The maximum atomic E-state index is 12.4. The molecule has 7 nitrogen and oxygen atoms in total. The van der Waals surface area contributed by atoms with Crippen LogP contribution in [0.2, 0.25) is 0 Å². The first-order chi connectivity index (χ1) is 15.1. The van der Waals surface area contributed by atoms with E-state index in [0.717, 1.165) is 22.6 Å². The standard InChI is InChI=1S/C25H28N4O3/c1-17-22(18(2)29(28-17)21-9-7-6-8-10-21)15-16-23(30)26-19-11-13-20(14-12-19)27-24(31)32-25(3,4)5/h6-16H,1-5H3,(H,26,30)(H,27,31). The van der Waals surface area contributed by atoms with Crippen molar-refractivity contribution >= 4 is 29.5 Å². The van der Waals surface area contributed by atoms with Gasteiger partial charge in [-0.15, -0.1) is 0 Å². The van der Waals surface area contributed by atoms with Crippen molar-refractivity contribution in [3.05, 3.63) is 77.6 Å². The van der Waals surface area contributed by atoms with E-state index in [9.17, 15) is 9.59 Å². The fourth-order valence-electron chi connectivity index (χ4n) is 3.12. The van der Waals surface area contributed by atoms with Crippen LogP contribution >= 0.6 is 0 Å². The second kappa shape index (κ2) is 9.51. The predicted molar refractivity (Wildman–Crippen MR) is 127 cm³/mol. The summed E-state index contributed by atoms with van der Waals surface area (Å²) in [6, 6.07) is 16.7. The highest BCUT2D eigenvalue weighted by Crippen LogP contribution is 2.20. The van der Waals surface area contributed by atoms with Crippen molar-refractivity contribution in [2.45, 2.75) is 40.2 Å². The van der Waals surface area contributed by atoms with Gasteiger partial charge in [0, 0.05) is 28.7 Å². The topological polar surface area (TPSA) is 85.3 Å². The van der Waals surface area contributed by atoms with Gasteiger partial charge in [0.05, 0.1) is 11.4 Å². The highest BCUT2D eigenvalue weighted by atomic mass is 16.6. The molecule has 32 heavy (non-hydrogen) atoms. The van der Waals surface area contributed by atoms with E-state index in [4.69, 9.17) is 4.74 Å². The molecule has 0 bridgehead atoms. The second-order valence-electron chi connectivity index (χ2n) is 8.36. The van der Waals surface area contributed by atoms with Crippen LogP contribution in [0, 0.1) is 13.8 Å². The summed E-state index contributed by atoms with van der Waals surface area (Å²) in [5.74, 6) is -0.260. The summed E-state index contributed by atoms with van der Waals surface area (Å²) < 4.78 is 7.09. The smallest absolute Gasteiger partial charge is 0.412 e. The number of para-hydroxylation sites is 1. The predicted octanol–water partition coefficient (Wildman–Crippen LogP) is 5.49. The first-order valence-corrected chi connectivity index (χ1v) is 10.3. The Bertz CT molecular complexity index is 1120. The van der Waals surface area contributed by atoms with Crippen molar-refractivity contribution in [3.8, 4) is 5.69 Å². The molecule has 0 aliphatic heterocycles. The highest BCUT2D eigenvalue weighted by Gasteiger charge is 2.16. The molecule has 0 atom stereocenters. The van der Waals surface area contributed by atoms with Gasteiger partial charge in [0.15, 0.2) is 0 Å². The van der Waals surface area contributed by atoms with Crippen molar-refractivity contribution in [1.82, 2.24) is 9.78 Å². The van der Waals surface area contributed by atoms with E-state index in [1.807, 2.05) is 48.9 Å². The van der Waals surface area contributed by atoms with Gasteiger partial charge in [-0.05, 0) is 77.1 Å². The average Bonchev–Trinajstić information content (AvgIpc) is 3.01. The van der Waals surface area contributed by atoms with Crippen molar-refractivity contribution in [2.24, 2.45) is 0 Å². The minimum atomic E-state index is -0.571. The van der Waals surface area contributed by atoms with Crippen molar-refractivity contribution in [1.29, 1.82) is 0 Å². The summed E-state index contributed by atoms with van der Waals surface area (Å²) in [5.41, 5.74) is 4.29. The molecule has 3 aromatic rings. The van der Waals surface area contributed by atoms with E-state index in [-0.39, 0.29) is 5.91 Å². The van der Waals surface area contributed by atoms with Crippen LogP contribution in [0.5, 0.6) is 0 Å². The van der Waals surface area contributed by atoms with Gasteiger partial charge in [-0.3, -0.25) is 10.1 Å². The molecule has 0 aliphatic rings. The number of ether oxygens (including phenoxy) is 1. The van der Waals surface area contributed by atoms with E-state index in [1.165, 1.54) is 6.08 Å². The number of anilines is 2. The van der Waals surface area contributed by atoms with Crippen LogP contribution in [0.1, 0.15) is 37.7 Å². The SMILES string of the molecule is Cc1nn(-c2ccccc2)c(C)c1C=CC(=O)Nc1ccc(NC(=O)OC(C)(C)C)cc1. The molecule has 2 amide bonds. The summed E-state index contributed by atoms with van der Waals surface area (Å²) >= 11 is 0. The van der Waals surface area contributed by atoms with Crippen LogP contribution < -0.4 is 10.6 Å². The minimum absolute atomic E-state index is 0.260. The zero-order valence-corrected chi connectivity index (χ0v) is 19.0. The molecule has 2 aromatic carbocycles. The van der Waals surface area contributed by atoms with Gasteiger partial charge in [0.1, 0.15) is 5.60 Å². The normalized spacial score (nSPS) is 11.4. The van der Waals surface area contributed by atoms with Crippen molar-refractivity contribution in [2.75, 3.05) is 10.6 Å². The van der Waals surface area contributed by atoms with Crippen LogP contribution in [0.4, 0.5) is 16.2 Å². The first-order valence-electron chi connectivity index (χ1n) is 10.3. The lowest BCUT2D eigenvalue weighted by atomic mass is 10.2. The first kappa shape index (κ1) is 22.8. The number of aryl methyl sites for hydroxylation is 1. The number of nitrogens with one attached hydrogen (secondary N) is 2. The zero-order valence-electron chi connectivity index (χ0n) is 19.0. The molecule has 3 rings (SSSR count). The lowest BCUT2D eigenvalue weighted by molar-refractivity contribution is -0.111. The fourth-order valence-corrected chi connectivity index (χ4v) is 3.12. The zero-order chi connectivity index (χ0) is 23.3. The number of hydrogen-bond donors (Lipinski definition) is 2. The van der Waals surface area contributed by atoms with Gasteiger partial charge < -0.3 is 10.1 Å². The highest BCUT2D eigenvalue weighted by molar-refractivity contribution is 6.02. The van der Waals surface area contributed by atoms with Crippen molar-refractivity contribution in [3.63, 3.8) is 0 Å². The third-order valence-electron chi connectivity index (χ3n) is 4.55. The lowest BCUT2D eigenvalue weighted by Crippen LogP contribution is -2.27. The molecule has 7 heteroatoms. The largest absolute Gasteiger partial charge is 0.444 e. The molecule has 0 saturated carbocycles. The summed E-state index contributed by atoms with van der Waals surface area (Å²) in [5, 5.41) is 10.1. The van der Waals surface area contributed by atoms with E-state index in [1.54, 1.807) is 51.1 Å². The maximum absolute atomic E-state index is 12.4. The van der Waals surface area contributed by atoms with E-state index >= 15 is 0 Å². The fraction of sp³-hybridized carbons (Fsp3) is 0.240. The molecule has 2 N–H and O–H groups in total. The molecule has 0 fully saturated rings. The molecular formula is C25H28N4O3. The quantitative estimate of drug-likeness (QED) is 0.522. The summed E-state index contributed by atoms with van der Waals surface area (Å²) in [6.07, 6.45) is 2.73. The van der Waals surface area contributed by atoms with Crippen LogP contribution in [-0.4, -0.2) is 27.4 Å². The molecule has 0 saturated heterocycles. The maximum Gasteiger partial charge on any atom is 0.412 e. The Kier molecular flexibility index (Phi) is 6.78. The van der Waals surface area contributed by atoms with E-state index in [0.29, 0.717) is 11.4 Å². The number of carbonyl (C=O) groups excluding carboxylic acids is 2. The molecule has 1 aromatic heterocycles. The molecule has 0 radical (unpaired) electrons. The Morgan fingerprint density at radius 1 is 0.938 bits per heavy atom. The molecule has 0 spiro atoms. The summed E-state index contributed by atoms with van der Waals surface area (Å²) in [4.78, 5) is 24.2. The molecule has 0 aliphatic carbocycles. The third-order valence-corrected chi connectivity index (χ3v) is 4.55. The van der Waals surface area contributed by atoms with E-state index < -0.39 is 11.7 Å². The Balaban J connectivity index is 1.63. The van der Waals surface area contributed by atoms with Crippen molar-refractivity contribution < 1.29 is 14.3 Å². The monoisotopic (exact) mass is 432 g/mol. The van der Waals surface area contributed by atoms with Crippen LogP contribution in [0.15, 0.2) is 60.7 Å². The minimum Gasteiger partial charge on any atom is -0.444 e. The van der Waals surface area contributed by atoms with E-state index in [2.05, 4.69) is 15.7 Å². The van der Waals surface area contributed by atoms with Gasteiger partial charge in [-0.1, -0.05) is 18.2 Å². The van der Waals surface area contributed by atoms with Gasteiger partial charge >= 0.3 is 6.09 Å². The van der Waals surface area contributed by atoms with Gasteiger partial charge in [-0.2, -0.15) is 5.10 Å². The molecule has 0 unspecified atom stereocenters. The van der Waals surface area contributed by atoms with Gasteiger partial charge in [0.2, 0.25) is 5.91 Å². The second-order valence-corrected chi connectivity index (χ2v) is 8.36.